The fourth-order valence-electron chi connectivity index (χ4n) is 1.26. The Bertz CT molecular complexity index is 552. The van der Waals surface area contributed by atoms with Gasteiger partial charge in [0.25, 0.3) is 0 Å². The van der Waals surface area contributed by atoms with Gasteiger partial charge in [-0.25, -0.2) is 0 Å². The Morgan fingerprint density at radius 2 is 2.00 bits per heavy atom. The summed E-state index contributed by atoms with van der Waals surface area (Å²) in [5, 5.41) is 8.31. The molecule has 1 heterocycles. The number of Topliss-reactive ketones (excluding diaryl/α,β-unsaturated/α-hetero) is 1. The van der Waals surface area contributed by atoms with E-state index in [1.165, 1.54) is 11.3 Å². The Morgan fingerprint density at radius 1 is 1.29 bits per heavy atom. The minimum absolute atomic E-state index is 0.0430. The molecule has 0 spiro atoms. The van der Waals surface area contributed by atoms with Gasteiger partial charge in [0.05, 0.1) is 16.6 Å². The van der Waals surface area contributed by atoms with E-state index < -0.39 is 10.8 Å². The normalized spacial score (nSPS) is 12.3. The Morgan fingerprint density at radius 3 is 2.59 bits per heavy atom. The monoisotopic (exact) mass is 266 g/mol. The molecule has 1 aromatic carbocycles. The first-order valence-corrected chi connectivity index (χ1v) is 7.07. The molecular weight excluding hydrogens is 256 g/mol. The third kappa shape index (κ3) is 3.04. The number of carbonyl (C=O) groups is 1. The molecule has 6 heteroatoms. The average Bonchev–Trinajstić information content (AvgIpc) is 2.77. The predicted molar refractivity (Wildman–Crippen MR) is 66.7 cm³/mol. The van der Waals surface area contributed by atoms with Crippen molar-refractivity contribution in [1.82, 2.24) is 10.2 Å². The number of nitrogens with zero attached hydrogens (tertiary/aromatic N) is 2. The first-order chi connectivity index (χ1) is 8.16. The first-order valence-electron chi connectivity index (χ1n) is 4.93. The zero-order valence-corrected chi connectivity index (χ0v) is 10.8. The van der Waals surface area contributed by atoms with E-state index in [4.69, 9.17) is 0 Å². The van der Waals surface area contributed by atoms with Crippen LogP contribution < -0.4 is 0 Å². The summed E-state index contributed by atoms with van der Waals surface area (Å²) >= 11 is 1.26. The second-order valence-corrected chi connectivity index (χ2v) is 6.17. The van der Waals surface area contributed by atoms with Crippen molar-refractivity contribution in [3.8, 4) is 0 Å². The van der Waals surface area contributed by atoms with Crippen LogP contribution in [0.1, 0.15) is 15.4 Å². The van der Waals surface area contributed by atoms with Crippen molar-refractivity contribution in [2.24, 2.45) is 0 Å². The third-order valence-corrected chi connectivity index (χ3v) is 4.50. The maximum absolute atomic E-state index is 11.8. The lowest BCUT2D eigenvalue weighted by Gasteiger charge is -1.98. The average molecular weight is 266 g/mol. The molecule has 88 valence electrons. The molecule has 0 aliphatic rings. The van der Waals surface area contributed by atoms with E-state index in [0.717, 1.165) is 5.01 Å². The number of hydrogen-bond donors (Lipinski definition) is 0. The highest BCUT2D eigenvalue weighted by Gasteiger charge is 2.15. The molecule has 0 N–H and O–H groups in total. The molecule has 17 heavy (non-hydrogen) atoms. The first kappa shape index (κ1) is 12.1. The lowest BCUT2D eigenvalue weighted by molar-refractivity contribution is 0.102. The molecule has 0 aliphatic heterocycles. The quantitative estimate of drug-likeness (QED) is 0.792. The summed E-state index contributed by atoms with van der Waals surface area (Å²) in [5.41, 5.74) is 0.571. The second-order valence-electron chi connectivity index (χ2n) is 3.37. The Balaban J connectivity index is 2.07. The Kier molecular flexibility index (Phi) is 3.75. The van der Waals surface area contributed by atoms with Gasteiger partial charge in [-0.05, 0) is 6.92 Å². The molecule has 0 fully saturated rings. The predicted octanol–water partition coefficient (Wildman–Crippen LogP) is 1.84. The lowest BCUT2D eigenvalue weighted by atomic mass is 10.2. The van der Waals surface area contributed by atoms with Crippen LogP contribution in [0.4, 0.5) is 0 Å². The van der Waals surface area contributed by atoms with Crippen molar-refractivity contribution < 1.29 is 9.00 Å². The third-order valence-electron chi connectivity index (χ3n) is 2.06. The molecule has 4 nitrogen and oxygen atoms in total. The van der Waals surface area contributed by atoms with Crippen LogP contribution >= 0.6 is 11.3 Å². The second kappa shape index (κ2) is 5.29. The largest absolute Gasteiger partial charge is 0.293 e. The van der Waals surface area contributed by atoms with Gasteiger partial charge < -0.3 is 0 Å². The molecule has 1 aromatic heterocycles. The molecule has 0 radical (unpaired) electrons. The van der Waals surface area contributed by atoms with Crippen molar-refractivity contribution in [2.75, 3.05) is 5.75 Å². The Labute approximate surface area is 105 Å². The molecule has 2 aromatic rings. The number of ketones is 1. The van der Waals surface area contributed by atoms with Crippen LogP contribution in [0.2, 0.25) is 0 Å². The van der Waals surface area contributed by atoms with Crippen LogP contribution in [0, 0.1) is 6.92 Å². The van der Waals surface area contributed by atoms with Crippen LogP contribution in [0.5, 0.6) is 0 Å². The molecule has 0 saturated heterocycles. The van der Waals surface area contributed by atoms with Gasteiger partial charge in [0.1, 0.15) is 5.01 Å². The van der Waals surface area contributed by atoms with Crippen LogP contribution in [0.25, 0.3) is 0 Å². The molecule has 1 atom stereocenters. The lowest BCUT2D eigenvalue weighted by Crippen LogP contribution is -2.10. The number of benzene rings is 1. The summed E-state index contributed by atoms with van der Waals surface area (Å²) in [4.78, 5) is 11.8. The fourth-order valence-corrected chi connectivity index (χ4v) is 3.25. The van der Waals surface area contributed by atoms with E-state index in [2.05, 4.69) is 10.2 Å². The van der Waals surface area contributed by atoms with Crippen molar-refractivity contribution in [3.63, 3.8) is 0 Å². The van der Waals surface area contributed by atoms with Gasteiger partial charge in [0.2, 0.25) is 4.34 Å². The van der Waals surface area contributed by atoms with Gasteiger partial charge >= 0.3 is 0 Å². The molecule has 0 aliphatic carbocycles. The molecular formula is C11H10N2O2S2. The summed E-state index contributed by atoms with van der Waals surface area (Å²) < 4.78 is 12.2. The van der Waals surface area contributed by atoms with E-state index >= 15 is 0 Å². The zero-order chi connectivity index (χ0) is 12.3. The number of hydrogen-bond acceptors (Lipinski definition) is 5. The van der Waals surface area contributed by atoms with Gasteiger partial charge in [-0.1, -0.05) is 41.7 Å². The van der Waals surface area contributed by atoms with E-state index in [-0.39, 0.29) is 11.5 Å². The highest BCUT2D eigenvalue weighted by atomic mass is 32.2. The van der Waals surface area contributed by atoms with Gasteiger partial charge in [-0.15, -0.1) is 10.2 Å². The number of aryl methyl sites for hydroxylation is 1. The molecule has 2 rings (SSSR count). The molecule has 0 saturated carbocycles. The SMILES string of the molecule is Cc1nnc(S(=O)CC(=O)c2ccccc2)s1. The maximum atomic E-state index is 11.8. The van der Waals surface area contributed by atoms with Gasteiger partial charge in [-0.3, -0.25) is 9.00 Å². The minimum Gasteiger partial charge on any atom is -0.293 e. The number of rotatable bonds is 4. The smallest absolute Gasteiger partial charge is 0.205 e. The van der Waals surface area contributed by atoms with Gasteiger partial charge in [-0.2, -0.15) is 0 Å². The van der Waals surface area contributed by atoms with E-state index in [1.54, 1.807) is 31.2 Å². The molecule has 0 amide bonds. The molecule has 1 unspecified atom stereocenters. The van der Waals surface area contributed by atoms with Crippen molar-refractivity contribution in [3.05, 3.63) is 40.9 Å². The summed E-state index contributed by atoms with van der Waals surface area (Å²) in [7, 11) is -1.40. The summed E-state index contributed by atoms with van der Waals surface area (Å²) in [6, 6.07) is 8.83. The maximum Gasteiger partial charge on any atom is 0.205 e. The van der Waals surface area contributed by atoms with E-state index in [1.807, 2.05) is 6.07 Å². The highest BCUT2D eigenvalue weighted by molar-refractivity contribution is 7.87. The van der Waals surface area contributed by atoms with Gasteiger partial charge in [0.15, 0.2) is 5.78 Å². The topological polar surface area (TPSA) is 59.9 Å². The standard InChI is InChI=1S/C11H10N2O2S2/c1-8-12-13-11(16-8)17(15)7-10(14)9-5-3-2-4-6-9/h2-6H,7H2,1H3. The van der Waals surface area contributed by atoms with Gasteiger partial charge in [0, 0.05) is 5.56 Å². The van der Waals surface area contributed by atoms with Crippen molar-refractivity contribution >= 4 is 27.9 Å². The number of aromatic nitrogens is 2. The van der Waals surface area contributed by atoms with Crippen molar-refractivity contribution in [1.29, 1.82) is 0 Å². The Hall–Kier alpha value is -1.40. The summed E-state index contributed by atoms with van der Waals surface area (Å²) in [6.07, 6.45) is 0. The molecule has 0 bridgehead atoms. The van der Waals surface area contributed by atoms with E-state index in [0.29, 0.717) is 9.90 Å². The van der Waals surface area contributed by atoms with Crippen LogP contribution in [0.15, 0.2) is 34.7 Å². The summed E-state index contributed by atoms with van der Waals surface area (Å²) in [5.74, 6) is -0.185. The summed E-state index contributed by atoms with van der Waals surface area (Å²) in [6.45, 7) is 1.79. The van der Waals surface area contributed by atoms with E-state index in [9.17, 15) is 9.00 Å². The number of carbonyl (C=O) groups excluding carboxylic acids is 1. The van der Waals surface area contributed by atoms with Crippen LogP contribution in [-0.2, 0) is 10.8 Å². The highest BCUT2D eigenvalue weighted by Crippen LogP contribution is 2.14. The zero-order valence-electron chi connectivity index (χ0n) is 9.12. The van der Waals surface area contributed by atoms with Crippen LogP contribution in [0.3, 0.4) is 0 Å². The van der Waals surface area contributed by atoms with Crippen LogP contribution in [-0.4, -0.2) is 25.9 Å². The fraction of sp³-hybridized carbons (Fsp3) is 0.182. The van der Waals surface area contributed by atoms with Crippen molar-refractivity contribution in [2.45, 2.75) is 11.3 Å². The minimum atomic E-state index is -1.40.